The smallest absolute Gasteiger partial charge is 0.263 e. The molecule has 0 aliphatic heterocycles. The van der Waals surface area contributed by atoms with Gasteiger partial charge in [0.15, 0.2) is 0 Å². The van der Waals surface area contributed by atoms with Crippen LogP contribution in [0.5, 0.6) is 0 Å². The first-order chi connectivity index (χ1) is 13.5. The fraction of sp³-hybridized carbons (Fsp3) is 0.200. The van der Waals surface area contributed by atoms with Gasteiger partial charge in [0.05, 0.1) is 0 Å². The highest BCUT2D eigenvalue weighted by molar-refractivity contribution is 7.15. The van der Waals surface area contributed by atoms with E-state index in [0.717, 1.165) is 21.5 Å². The highest BCUT2D eigenvalue weighted by Gasteiger charge is 2.17. The van der Waals surface area contributed by atoms with E-state index in [1.54, 1.807) is 30.7 Å². The van der Waals surface area contributed by atoms with Gasteiger partial charge in [-0.3, -0.25) is 14.9 Å². The van der Waals surface area contributed by atoms with E-state index < -0.39 is 5.91 Å². The number of benzene rings is 1. The van der Waals surface area contributed by atoms with Crippen molar-refractivity contribution in [3.8, 4) is 0 Å². The number of para-hydroxylation sites is 1. The first-order valence-corrected chi connectivity index (χ1v) is 9.71. The second-order valence-corrected chi connectivity index (χ2v) is 7.74. The van der Waals surface area contributed by atoms with Crippen molar-refractivity contribution >= 4 is 33.3 Å². The molecule has 0 bridgehead atoms. The van der Waals surface area contributed by atoms with Crippen LogP contribution in [-0.2, 0) is 13.0 Å². The highest BCUT2D eigenvalue weighted by Crippen LogP contribution is 2.19. The summed E-state index contributed by atoms with van der Waals surface area (Å²) in [6.45, 7) is 4.05. The maximum Gasteiger partial charge on any atom is 0.263 e. The van der Waals surface area contributed by atoms with Crippen molar-refractivity contribution in [1.82, 2.24) is 19.7 Å². The molecular weight excluding hydrogens is 374 g/mol. The van der Waals surface area contributed by atoms with Gasteiger partial charge in [0.1, 0.15) is 10.6 Å². The number of aromatic nitrogens is 4. The Kier molecular flexibility index (Phi) is 4.79. The van der Waals surface area contributed by atoms with Gasteiger partial charge in [-0.05, 0) is 43.5 Å². The predicted molar refractivity (Wildman–Crippen MR) is 110 cm³/mol. The number of pyridine rings is 1. The van der Waals surface area contributed by atoms with Crippen LogP contribution in [-0.4, -0.2) is 25.7 Å². The molecule has 3 aromatic heterocycles. The Balaban J connectivity index is 1.57. The molecule has 1 amide bonds. The Morgan fingerprint density at radius 1 is 1.21 bits per heavy atom. The average molecular weight is 393 g/mol. The standard InChI is InChI=1S/C20H19N5O2S/c1-12-7-9-25(10-8-14-11-21-16-6-4-3-5-15(14)16)19(27)17(12)18(26)22-20-24-23-13(2)28-20/h3-7,9,11,21H,8,10H2,1-2H3,(H,22,24,26). The van der Waals surface area contributed by atoms with Gasteiger partial charge in [0.2, 0.25) is 5.13 Å². The molecule has 0 radical (unpaired) electrons. The summed E-state index contributed by atoms with van der Waals surface area (Å²) in [7, 11) is 0. The number of carbonyl (C=O) groups excluding carboxylic acids is 1. The van der Waals surface area contributed by atoms with Gasteiger partial charge in [0.25, 0.3) is 11.5 Å². The van der Waals surface area contributed by atoms with Gasteiger partial charge in [-0.1, -0.05) is 29.5 Å². The lowest BCUT2D eigenvalue weighted by Gasteiger charge is -2.10. The average Bonchev–Trinajstić information content (AvgIpc) is 3.27. The van der Waals surface area contributed by atoms with Crippen LogP contribution in [0.3, 0.4) is 0 Å². The van der Waals surface area contributed by atoms with Gasteiger partial charge in [-0.25, -0.2) is 0 Å². The molecule has 0 aliphatic rings. The van der Waals surface area contributed by atoms with Gasteiger partial charge in [0, 0.05) is 29.8 Å². The normalized spacial score (nSPS) is 11.1. The Labute approximate surface area is 165 Å². The van der Waals surface area contributed by atoms with Crippen molar-refractivity contribution in [3.05, 3.63) is 74.8 Å². The van der Waals surface area contributed by atoms with E-state index in [9.17, 15) is 9.59 Å². The summed E-state index contributed by atoms with van der Waals surface area (Å²) in [5.74, 6) is -0.458. The van der Waals surface area contributed by atoms with Crippen LogP contribution in [0.2, 0.25) is 0 Å². The van der Waals surface area contributed by atoms with Crippen LogP contribution in [0.4, 0.5) is 5.13 Å². The molecule has 8 heteroatoms. The fourth-order valence-electron chi connectivity index (χ4n) is 3.20. The van der Waals surface area contributed by atoms with Gasteiger partial charge < -0.3 is 9.55 Å². The van der Waals surface area contributed by atoms with Gasteiger partial charge in [-0.2, -0.15) is 0 Å². The number of aromatic amines is 1. The number of fused-ring (bicyclic) bond motifs is 1. The lowest BCUT2D eigenvalue weighted by atomic mass is 10.1. The molecule has 0 fully saturated rings. The Morgan fingerprint density at radius 2 is 2.04 bits per heavy atom. The molecule has 3 heterocycles. The molecule has 142 valence electrons. The Bertz CT molecular complexity index is 1220. The number of hydrogen-bond acceptors (Lipinski definition) is 5. The van der Waals surface area contributed by atoms with Crippen LogP contribution in [0.25, 0.3) is 10.9 Å². The first-order valence-electron chi connectivity index (χ1n) is 8.89. The number of nitrogens with one attached hydrogen (secondary N) is 2. The van der Waals surface area contributed by atoms with E-state index in [4.69, 9.17) is 0 Å². The molecule has 0 atom stereocenters. The van der Waals surface area contributed by atoms with E-state index in [0.29, 0.717) is 23.7 Å². The topological polar surface area (TPSA) is 92.7 Å². The van der Waals surface area contributed by atoms with E-state index in [1.165, 1.54) is 11.3 Å². The number of H-pyrrole nitrogens is 1. The Hall–Kier alpha value is -3.26. The predicted octanol–water partition coefficient (Wildman–Crippen LogP) is 3.29. The van der Waals surface area contributed by atoms with Crippen LogP contribution in [0, 0.1) is 13.8 Å². The minimum absolute atomic E-state index is 0.134. The lowest BCUT2D eigenvalue weighted by molar-refractivity contribution is 0.102. The number of anilines is 1. The van der Waals surface area contributed by atoms with E-state index in [1.807, 2.05) is 24.4 Å². The quantitative estimate of drug-likeness (QED) is 0.544. The highest BCUT2D eigenvalue weighted by atomic mass is 32.1. The van der Waals surface area contributed by atoms with Crippen molar-refractivity contribution in [1.29, 1.82) is 0 Å². The summed E-state index contributed by atoms with van der Waals surface area (Å²) >= 11 is 1.27. The van der Waals surface area contributed by atoms with E-state index in [-0.39, 0.29) is 11.1 Å². The number of hydrogen-bond donors (Lipinski definition) is 2. The minimum atomic E-state index is -0.458. The summed E-state index contributed by atoms with van der Waals surface area (Å²) in [6.07, 6.45) is 4.39. The van der Waals surface area contributed by atoms with Crippen molar-refractivity contribution in [2.24, 2.45) is 0 Å². The van der Waals surface area contributed by atoms with Crippen molar-refractivity contribution < 1.29 is 4.79 Å². The number of nitrogens with zero attached hydrogens (tertiary/aromatic N) is 3. The molecule has 7 nitrogen and oxygen atoms in total. The van der Waals surface area contributed by atoms with Crippen molar-refractivity contribution in [2.75, 3.05) is 5.32 Å². The molecule has 4 rings (SSSR count). The van der Waals surface area contributed by atoms with Crippen LogP contribution in [0.1, 0.15) is 26.5 Å². The van der Waals surface area contributed by atoms with Crippen molar-refractivity contribution in [3.63, 3.8) is 0 Å². The van der Waals surface area contributed by atoms with E-state index >= 15 is 0 Å². The summed E-state index contributed by atoms with van der Waals surface area (Å²) < 4.78 is 1.58. The van der Waals surface area contributed by atoms with Gasteiger partial charge in [-0.15, -0.1) is 10.2 Å². The van der Waals surface area contributed by atoms with Crippen LogP contribution in [0.15, 0.2) is 47.5 Å². The molecule has 0 unspecified atom stereocenters. The third-order valence-electron chi connectivity index (χ3n) is 4.64. The third-order valence-corrected chi connectivity index (χ3v) is 5.40. The SMILES string of the molecule is Cc1nnc(NC(=O)c2c(C)ccn(CCc3c[nH]c4ccccc34)c2=O)s1. The molecule has 0 aliphatic carbocycles. The lowest BCUT2D eigenvalue weighted by Crippen LogP contribution is -2.30. The van der Waals surface area contributed by atoms with Gasteiger partial charge >= 0.3 is 0 Å². The zero-order valence-corrected chi connectivity index (χ0v) is 16.3. The minimum Gasteiger partial charge on any atom is -0.361 e. The largest absolute Gasteiger partial charge is 0.361 e. The third kappa shape index (κ3) is 3.46. The molecule has 0 saturated carbocycles. The second kappa shape index (κ2) is 7.40. The second-order valence-electron chi connectivity index (χ2n) is 6.56. The van der Waals surface area contributed by atoms with Crippen molar-refractivity contribution in [2.45, 2.75) is 26.8 Å². The zero-order valence-electron chi connectivity index (χ0n) is 15.5. The zero-order chi connectivity index (χ0) is 19.7. The molecule has 0 saturated heterocycles. The molecule has 2 N–H and O–H groups in total. The summed E-state index contributed by atoms with van der Waals surface area (Å²) in [5, 5.41) is 12.7. The summed E-state index contributed by atoms with van der Waals surface area (Å²) in [4.78, 5) is 28.8. The number of rotatable bonds is 5. The Morgan fingerprint density at radius 3 is 2.82 bits per heavy atom. The fourth-order valence-corrected chi connectivity index (χ4v) is 3.79. The summed E-state index contributed by atoms with van der Waals surface area (Å²) in [6, 6.07) is 9.85. The van der Waals surface area contributed by atoms with Crippen LogP contribution >= 0.6 is 11.3 Å². The first kappa shape index (κ1) is 18.1. The number of amides is 1. The molecule has 4 aromatic rings. The molecule has 1 aromatic carbocycles. The van der Waals surface area contributed by atoms with Crippen LogP contribution < -0.4 is 10.9 Å². The number of carbonyl (C=O) groups is 1. The monoisotopic (exact) mass is 393 g/mol. The molecule has 0 spiro atoms. The number of aryl methyl sites for hydroxylation is 4. The maximum absolute atomic E-state index is 12.9. The molecule has 28 heavy (non-hydrogen) atoms. The van der Waals surface area contributed by atoms with E-state index in [2.05, 4.69) is 26.6 Å². The maximum atomic E-state index is 12.9. The summed E-state index contributed by atoms with van der Waals surface area (Å²) in [5.41, 5.74) is 2.67. The molecular formula is C20H19N5O2S.